The number of rotatable bonds is 2. The highest BCUT2D eigenvalue weighted by atomic mass is 16.2. The third-order valence-corrected chi connectivity index (χ3v) is 3.52. The summed E-state index contributed by atoms with van der Waals surface area (Å²) in [7, 11) is 0. The van der Waals surface area contributed by atoms with Crippen LogP contribution in [0.2, 0.25) is 0 Å². The van der Waals surface area contributed by atoms with E-state index in [1.165, 1.54) is 0 Å². The number of aromatic nitrogens is 1. The van der Waals surface area contributed by atoms with Crippen molar-refractivity contribution in [1.82, 2.24) is 15.2 Å². The fourth-order valence-electron chi connectivity index (χ4n) is 2.40. The van der Waals surface area contributed by atoms with Gasteiger partial charge in [-0.3, -0.25) is 9.78 Å². The SMILES string of the molecule is O=C(C1CC1)N1CCNCC1c1cccnc1. The van der Waals surface area contributed by atoms with Gasteiger partial charge in [0, 0.05) is 37.9 Å². The Morgan fingerprint density at radius 2 is 2.35 bits per heavy atom. The molecule has 90 valence electrons. The molecule has 3 rings (SSSR count). The molecule has 1 aliphatic heterocycles. The third kappa shape index (κ3) is 2.17. The molecule has 1 aliphatic carbocycles. The summed E-state index contributed by atoms with van der Waals surface area (Å²) in [5, 5.41) is 3.36. The zero-order valence-corrected chi connectivity index (χ0v) is 9.80. The first-order valence-electron chi connectivity index (χ1n) is 6.27. The van der Waals surface area contributed by atoms with E-state index in [0.717, 1.165) is 38.0 Å². The molecule has 17 heavy (non-hydrogen) atoms. The quantitative estimate of drug-likeness (QED) is 0.824. The molecule has 1 atom stereocenters. The van der Waals surface area contributed by atoms with Crippen molar-refractivity contribution in [3.63, 3.8) is 0 Å². The second kappa shape index (κ2) is 4.45. The minimum Gasteiger partial charge on any atom is -0.333 e. The number of hydrogen-bond acceptors (Lipinski definition) is 3. The van der Waals surface area contributed by atoms with Gasteiger partial charge in [0.1, 0.15) is 0 Å². The van der Waals surface area contributed by atoms with Crippen LogP contribution in [-0.4, -0.2) is 35.4 Å². The van der Waals surface area contributed by atoms with Crippen LogP contribution < -0.4 is 5.32 Å². The zero-order valence-electron chi connectivity index (χ0n) is 9.80. The van der Waals surface area contributed by atoms with Gasteiger partial charge < -0.3 is 10.2 Å². The molecule has 0 spiro atoms. The monoisotopic (exact) mass is 231 g/mol. The van der Waals surface area contributed by atoms with Crippen LogP contribution in [0.5, 0.6) is 0 Å². The van der Waals surface area contributed by atoms with Crippen molar-refractivity contribution in [2.45, 2.75) is 18.9 Å². The molecule has 1 N–H and O–H groups in total. The standard InChI is InChI=1S/C13H17N3O/c17-13(10-3-4-10)16-7-6-15-9-12(16)11-2-1-5-14-8-11/h1-2,5,8,10,12,15H,3-4,6-7,9H2. The minimum atomic E-state index is 0.158. The van der Waals surface area contributed by atoms with E-state index >= 15 is 0 Å². The summed E-state index contributed by atoms with van der Waals surface area (Å²) >= 11 is 0. The molecule has 0 radical (unpaired) electrons. The van der Waals surface area contributed by atoms with Crippen molar-refractivity contribution < 1.29 is 4.79 Å². The second-order valence-corrected chi connectivity index (χ2v) is 4.81. The average molecular weight is 231 g/mol. The Balaban J connectivity index is 1.82. The van der Waals surface area contributed by atoms with E-state index in [-0.39, 0.29) is 6.04 Å². The van der Waals surface area contributed by atoms with E-state index in [4.69, 9.17) is 0 Å². The summed E-state index contributed by atoms with van der Waals surface area (Å²) in [6.07, 6.45) is 5.78. The molecule has 0 aromatic carbocycles. The minimum absolute atomic E-state index is 0.158. The third-order valence-electron chi connectivity index (χ3n) is 3.52. The van der Waals surface area contributed by atoms with Crippen LogP contribution in [0.25, 0.3) is 0 Å². The van der Waals surface area contributed by atoms with Crippen molar-refractivity contribution in [3.05, 3.63) is 30.1 Å². The van der Waals surface area contributed by atoms with Crippen molar-refractivity contribution >= 4 is 5.91 Å². The first-order chi connectivity index (χ1) is 8.36. The van der Waals surface area contributed by atoms with Gasteiger partial charge in [-0.25, -0.2) is 0 Å². The fraction of sp³-hybridized carbons (Fsp3) is 0.538. The fourth-order valence-corrected chi connectivity index (χ4v) is 2.40. The van der Waals surface area contributed by atoms with Crippen LogP contribution in [0.4, 0.5) is 0 Å². The van der Waals surface area contributed by atoms with Gasteiger partial charge in [-0.1, -0.05) is 6.07 Å². The van der Waals surface area contributed by atoms with Crippen LogP contribution in [0.1, 0.15) is 24.4 Å². The van der Waals surface area contributed by atoms with Crippen molar-refractivity contribution in [1.29, 1.82) is 0 Å². The lowest BCUT2D eigenvalue weighted by Gasteiger charge is -2.36. The molecule has 1 saturated carbocycles. The van der Waals surface area contributed by atoms with Gasteiger partial charge in [-0.05, 0) is 24.5 Å². The number of carbonyl (C=O) groups excluding carboxylic acids is 1. The van der Waals surface area contributed by atoms with Gasteiger partial charge >= 0.3 is 0 Å². The molecular formula is C13H17N3O. The molecule has 1 amide bonds. The molecule has 1 saturated heterocycles. The molecule has 0 bridgehead atoms. The van der Waals surface area contributed by atoms with Gasteiger partial charge in [-0.15, -0.1) is 0 Å². The predicted molar refractivity (Wildman–Crippen MR) is 64.3 cm³/mol. The van der Waals surface area contributed by atoms with Crippen molar-refractivity contribution in [2.75, 3.05) is 19.6 Å². The Kier molecular flexibility index (Phi) is 2.81. The molecule has 1 aromatic rings. The summed E-state index contributed by atoms with van der Waals surface area (Å²) < 4.78 is 0. The number of piperazine rings is 1. The summed E-state index contributed by atoms with van der Waals surface area (Å²) in [5.41, 5.74) is 1.13. The Bertz CT molecular complexity index is 402. The normalized spacial score (nSPS) is 24.7. The first kappa shape index (κ1) is 10.7. The number of amides is 1. The van der Waals surface area contributed by atoms with E-state index in [1.54, 1.807) is 6.20 Å². The number of carbonyl (C=O) groups is 1. The van der Waals surface area contributed by atoms with E-state index in [0.29, 0.717) is 11.8 Å². The van der Waals surface area contributed by atoms with Gasteiger partial charge in [0.05, 0.1) is 6.04 Å². The van der Waals surface area contributed by atoms with Gasteiger partial charge in [0.25, 0.3) is 0 Å². The number of nitrogens with one attached hydrogen (secondary N) is 1. The van der Waals surface area contributed by atoms with E-state index in [2.05, 4.69) is 16.4 Å². The lowest BCUT2D eigenvalue weighted by Crippen LogP contribution is -2.49. The highest BCUT2D eigenvalue weighted by Crippen LogP contribution is 2.34. The molecule has 4 nitrogen and oxygen atoms in total. The lowest BCUT2D eigenvalue weighted by atomic mass is 10.0. The zero-order chi connectivity index (χ0) is 11.7. The Labute approximate surface area is 101 Å². The summed E-state index contributed by atoms with van der Waals surface area (Å²) in [5.74, 6) is 0.632. The van der Waals surface area contributed by atoms with Crippen LogP contribution in [0, 0.1) is 5.92 Å². The Hall–Kier alpha value is -1.42. The summed E-state index contributed by atoms with van der Waals surface area (Å²) in [6, 6.07) is 4.15. The van der Waals surface area contributed by atoms with E-state index in [9.17, 15) is 4.79 Å². The number of nitrogens with zero attached hydrogens (tertiary/aromatic N) is 2. The van der Waals surface area contributed by atoms with Gasteiger partial charge in [0.15, 0.2) is 0 Å². The summed E-state index contributed by atoms with van der Waals surface area (Å²) in [6.45, 7) is 2.55. The maximum absolute atomic E-state index is 12.2. The molecule has 2 aliphatic rings. The van der Waals surface area contributed by atoms with Crippen molar-refractivity contribution in [2.24, 2.45) is 5.92 Å². The van der Waals surface area contributed by atoms with Gasteiger partial charge in [-0.2, -0.15) is 0 Å². The Morgan fingerprint density at radius 3 is 3.06 bits per heavy atom. The van der Waals surface area contributed by atoms with Crippen LogP contribution in [0.15, 0.2) is 24.5 Å². The molecular weight excluding hydrogens is 214 g/mol. The number of hydrogen-bond donors (Lipinski definition) is 1. The van der Waals surface area contributed by atoms with E-state index in [1.807, 2.05) is 17.2 Å². The molecule has 4 heteroatoms. The number of pyridine rings is 1. The first-order valence-corrected chi connectivity index (χ1v) is 6.27. The van der Waals surface area contributed by atoms with Crippen LogP contribution in [-0.2, 0) is 4.79 Å². The highest BCUT2D eigenvalue weighted by Gasteiger charge is 2.37. The maximum atomic E-state index is 12.2. The van der Waals surface area contributed by atoms with Crippen molar-refractivity contribution in [3.8, 4) is 0 Å². The highest BCUT2D eigenvalue weighted by molar-refractivity contribution is 5.81. The van der Waals surface area contributed by atoms with E-state index < -0.39 is 0 Å². The molecule has 1 aromatic heterocycles. The summed E-state index contributed by atoms with van der Waals surface area (Å²) in [4.78, 5) is 18.4. The smallest absolute Gasteiger partial charge is 0.226 e. The van der Waals surface area contributed by atoms with Crippen LogP contribution in [0.3, 0.4) is 0 Å². The van der Waals surface area contributed by atoms with Gasteiger partial charge in [0.2, 0.25) is 5.91 Å². The Morgan fingerprint density at radius 1 is 1.47 bits per heavy atom. The predicted octanol–water partition coefficient (Wildman–Crippen LogP) is 0.964. The molecule has 2 fully saturated rings. The van der Waals surface area contributed by atoms with Crippen LogP contribution >= 0.6 is 0 Å². The molecule has 1 unspecified atom stereocenters. The molecule has 2 heterocycles. The topological polar surface area (TPSA) is 45.2 Å². The lowest BCUT2D eigenvalue weighted by molar-refractivity contribution is -0.135. The largest absolute Gasteiger partial charge is 0.333 e. The second-order valence-electron chi connectivity index (χ2n) is 4.81. The maximum Gasteiger partial charge on any atom is 0.226 e. The average Bonchev–Trinajstić information content (AvgIpc) is 3.23.